The van der Waals surface area contributed by atoms with Crippen molar-refractivity contribution in [2.75, 3.05) is 7.11 Å². The number of carbonyl (C=O) groups excluding carboxylic acids is 1. The normalized spacial score (nSPS) is 12.0. The van der Waals surface area contributed by atoms with Gasteiger partial charge < -0.3 is 10.1 Å². The Bertz CT molecular complexity index is 854. The Kier molecular flexibility index (Phi) is 4.28. The van der Waals surface area contributed by atoms with Gasteiger partial charge in [-0.15, -0.1) is 0 Å². The fraction of sp³-hybridized carbons (Fsp3) is 0.250. The maximum absolute atomic E-state index is 12.6. The zero-order valence-electron chi connectivity index (χ0n) is 13.6. The minimum absolute atomic E-state index is 0.253. The highest BCUT2D eigenvalue weighted by Gasteiger charge is 2.19. The van der Waals surface area contributed by atoms with E-state index < -0.39 is 0 Å². The molecule has 0 aliphatic carbocycles. The summed E-state index contributed by atoms with van der Waals surface area (Å²) in [6.45, 7) is 3.63. The fourth-order valence-corrected chi connectivity index (χ4v) is 2.35. The van der Waals surface area contributed by atoms with Crippen molar-refractivity contribution in [1.29, 1.82) is 0 Å². The molecule has 124 valence electrons. The number of amides is 1. The van der Waals surface area contributed by atoms with Crippen molar-refractivity contribution in [3.63, 3.8) is 0 Å². The minimum Gasteiger partial charge on any atom is -0.497 e. The first kappa shape index (κ1) is 15.7. The molecule has 0 fully saturated rings. The van der Waals surface area contributed by atoms with E-state index in [1.807, 2.05) is 38.1 Å². The van der Waals surface area contributed by atoms with Gasteiger partial charge in [-0.25, -0.2) is 4.98 Å². The zero-order chi connectivity index (χ0) is 17.1. The van der Waals surface area contributed by atoms with Gasteiger partial charge in [0.15, 0.2) is 5.82 Å². The van der Waals surface area contributed by atoms with Crippen molar-refractivity contribution in [3.8, 4) is 17.0 Å². The molecular formula is C16H18N6O2. The molecule has 0 aliphatic rings. The monoisotopic (exact) mass is 326 g/mol. The number of aromatic amines is 2. The molecule has 3 aromatic rings. The van der Waals surface area contributed by atoms with Crippen LogP contribution in [0.5, 0.6) is 5.75 Å². The average molecular weight is 326 g/mol. The Morgan fingerprint density at radius 2 is 2.17 bits per heavy atom. The lowest BCUT2D eigenvalue weighted by Crippen LogP contribution is -2.27. The minimum atomic E-state index is -0.324. The number of ether oxygens (including phenoxy) is 1. The second-order valence-corrected chi connectivity index (χ2v) is 5.36. The number of hydrogen-bond acceptors (Lipinski definition) is 5. The van der Waals surface area contributed by atoms with E-state index in [1.165, 1.54) is 6.20 Å². The van der Waals surface area contributed by atoms with E-state index in [9.17, 15) is 4.79 Å². The molecule has 3 N–H and O–H groups in total. The first-order chi connectivity index (χ1) is 11.6. The van der Waals surface area contributed by atoms with Gasteiger partial charge in [0.25, 0.3) is 5.91 Å². The average Bonchev–Trinajstić information content (AvgIpc) is 3.23. The Balaban J connectivity index is 1.82. The number of H-pyrrole nitrogens is 2. The summed E-state index contributed by atoms with van der Waals surface area (Å²) in [5, 5.41) is 16.6. The van der Waals surface area contributed by atoms with Gasteiger partial charge in [-0.2, -0.15) is 10.2 Å². The van der Waals surface area contributed by atoms with Gasteiger partial charge in [-0.1, -0.05) is 12.1 Å². The summed E-state index contributed by atoms with van der Waals surface area (Å²) in [6.07, 6.45) is 1.50. The van der Waals surface area contributed by atoms with E-state index >= 15 is 0 Å². The molecule has 1 aromatic carbocycles. The van der Waals surface area contributed by atoms with Crippen molar-refractivity contribution in [3.05, 3.63) is 47.7 Å². The highest BCUT2D eigenvalue weighted by atomic mass is 16.5. The first-order valence-corrected chi connectivity index (χ1v) is 7.46. The SMILES string of the molecule is COc1cccc(-c2[nH]ncc2C(=O)N[C@H](C)c2n[nH]c(C)n2)c1. The molecule has 2 heterocycles. The van der Waals surface area contributed by atoms with Crippen LogP contribution in [0, 0.1) is 6.92 Å². The van der Waals surface area contributed by atoms with E-state index in [0.717, 1.165) is 5.56 Å². The third-order valence-electron chi connectivity index (χ3n) is 3.59. The topological polar surface area (TPSA) is 109 Å². The third kappa shape index (κ3) is 3.12. The van der Waals surface area contributed by atoms with Crippen molar-refractivity contribution < 1.29 is 9.53 Å². The molecule has 8 nitrogen and oxygen atoms in total. The third-order valence-corrected chi connectivity index (χ3v) is 3.59. The highest BCUT2D eigenvalue weighted by molar-refractivity contribution is 5.99. The number of aryl methyl sites for hydroxylation is 1. The van der Waals surface area contributed by atoms with Crippen LogP contribution in [-0.2, 0) is 0 Å². The number of nitrogens with zero attached hydrogens (tertiary/aromatic N) is 3. The van der Waals surface area contributed by atoms with Gasteiger partial charge in [0.1, 0.15) is 11.6 Å². The first-order valence-electron chi connectivity index (χ1n) is 7.46. The van der Waals surface area contributed by atoms with Gasteiger partial charge in [0.05, 0.1) is 30.6 Å². The zero-order valence-corrected chi connectivity index (χ0v) is 13.6. The standard InChI is InChI=1S/C16H18N6O2/c1-9(15-19-10(2)20-22-15)18-16(23)13-8-17-21-14(13)11-5-4-6-12(7-11)24-3/h4-9H,1-3H3,(H,17,21)(H,18,23)(H,19,20,22)/t9-/m1/s1. The molecule has 0 bridgehead atoms. The van der Waals surface area contributed by atoms with Crippen molar-refractivity contribution in [1.82, 2.24) is 30.7 Å². The molecule has 24 heavy (non-hydrogen) atoms. The molecule has 0 saturated carbocycles. The summed E-state index contributed by atoms with van der Waals surface area (Å²) in [7, 11) is 1.60. The van der Waals surface area contributed by atoms with Crippen molar-refractivity contribution in [2.45, 2.75) is 19.9 Å². The van der Waals surface area contributed by atoms with Crippen LogP contribution in [-0.4, -0.2) is 38.4 Å². The maximum Gasteiger partial charge on any atom is 0.255 e. The predicted octanol–water partition coefficient (Wildman–Crippen LogP) is 2.00. The fourth-order valence-electron chi connectivity index (χ4n) is 2.35. The van der Waals surface area contributed by atoms with Crippen LogP contribution in [0.15, 0.2) is 30.5 Å². The molecule has 0 saturated heterocycles. The molecule has 0 radical (unpaired) electrons. The van der Waals surface area contributed by atoms with Gasteiger partial charge in [-0.3, -0.25) is 15.0 Å². The van der Waals surface area contributed by atoms with Crippen LogP contribution >= 0.6 is 0 Å². The molecule has 0 unspecified atom stereocenters. The molecular weight excluding hydrogens is 308 g/mol. The number of carbonyl (C=O) groups is 1. The van der Waals surface area contributed by atoms with Crippen LogP contribution in [0.25, 0.3) is 11.3 Å². The lowest BCUT2D eigenvalue weighted by Gasteiger charge is -2.11. The molecule has 1 amide bonds. The number of rotatable bonds is 5. The Labute approximate surface area is 138 Å². The van der Waals surface area contributed by atoms with Gasteiger partial charge in [0, 0.05) is 5.56 Å². The smallest absolute Gasteiger partial charge is 0.255 e. The Morgan fingerprint density at radius 3 is 2.88 bits per heavy atom. The molecule has 0 spiro atoms. The van der Waals surface area contributed by atoms with E-state index in [2.05, 4.69) is 30.7 Å². The van der Waals surface area contributed by atoms with E-state index in [0.29, 0.717) is 28.7 Å². The summed E-state index contributed by atoms with van der Waals surface area (Å²) < 4.78 is 5.22. The summed E-state index contributed by atoms with van der Waals surface area (Å²) in [5.41, 5.74) is 1.89. The van der Waals surface area contributed by atoms with Crippen LogP contribution in [0.4, 0.5) is 0 Å². The summed E-state index contributed by atoms with van der Waals surface area (Å²) >= 11 is 0. The number of nitrogens with one attached hydrogen (secondary N) is 3. The van der Waals surface area contributed by atoms with Crippen molar-refractivity contribution in [2.24, 2.45) is 0 Å². The largest absolute Gasteiger partial charge is 0.497 e. The quantitative estimate of drug-likeness (QED) is 0.664. The number of methoxy groups -OCH3 is 1. The van der Waals surface area contributed by atoms with Gasteiger partial charge in [-0.05, 0) is 26.0 Å². The highest BCUT2D eigenvalue weighted by Crippen LogP contribution is 2.25. The van der Waals surface area contributed by atoms with Gasteiger partial charge in [0.2, 0.25) is 0 Å². The van der Waals surface area contributed by atoms with E-state index in [-0.39, 0.29) is 11.9 Å². The number of hydrogen-bond donors (Lipinski definition) is 3. The predicted molar refractivity (Wildman–Crippen MR) is 87.6 cm³/mol. The molecule has 2 aromatic heterocycles. The molecule has 3 rings (SSSR count). The molecule has 8 heteroatoms. The Morgan fingerprint density at radius 1 is 1.33 bits per heavy atom. The number of benzene rings is 1. The maximum atomic E-state index is 12.6. The Hall–Kier alpha value is -3.16. The lowest BCUT2D eigenvalue weighted by atomic mass is 10.1. The van der Waals surface area contributed by atoms with Crippen LogP contribution in [0.3, 0.4) is 0 Å². The van der Waals surface area contributed by atoms with Crippen LogP contribution in [0.1, 0.15) is 35.0 Å². The van der Waals surface area contributed by atoms with Gasteiger partial charge >= 0.3 is 0 Å². The van der Waals surface area contributed by atoms with Crippen LogP contribution in [0.2, 0.25) is 0 Å². The second-order valence-electron chi connectivity index (χ2n) is 5.36. The molecule has 0 aliphatic heterocycles. The lowest BCUT2D eigenvalue weighted by molar-refractivity contribution is 0.0939. The number of aromatic nitrogens is 5. The second kappa shape index (κ2) is 6.53. The van der Waals surface area contributed by atoms with Crippen molar-refractivity contribution >= 4 is 5.91 Å². The van der Waals surface area contributed by atoms with E-state index in [4.69, 9.17) is 4.74 Å². The summed E-state index contributed by atoms with van der Waals surface area (Å²) in [5.74, 6) is 1.69. The summed E-state index contributed by atoms with van der Waals surface area (Å²) in [4.78, 5) is 16.8. The molecule has 1 atom stereocenters. The van der Waals surface area contributed by atoms with Crippen LogP contribution < -0.4 is 10.1 Å². The summed E-state index contributed by atoms with van der Waals surface area (Å²) in [6, 6.07) is 7.10. The van der Waals surface area contributed by atoms with E-state index in [1.54, 1.807) is 7.11 Å².